The molecule has 0 aliphatic rings. The van der Waals surface area contributed by atoms with Gasteiger partial charge in [0.2, 0.25) is 0 Å². The van der Waals surface area contributed by atoms with E-state index in [-0.39, 0.29) is 23.2 Å². The van der Waals surface area contributed by atoms with Gasteiger partial charge in [0.05, 0.1) is 11.8 Å². The molecule has 0 aliphatic heterocycles. The first-order valence-corrected chi connectivity index (χ1v) is 7.56. The van der Waals surface area contributed by atoms with Crippen LogP contribution >= 0.6 is 0 Å². The molecule has 0 saturated heterocycles. The van der Waals surface area contributed by atoms with Gasteiger partial charge in [-0.1, -0.05) is 41.0 Å². The topological polar surface area (TPSA) is 74.6 Å². The van der Waals surface area contributed by atoms with E-state index in [4.69, 9.17) is 5.11 Å². The Bertz CT molecular complexity index is 322. The molecule has 0 fully saturated rings. The van der Waals surface area contributed by atoms with Crippen LogP contribution in [0.4, 0.5) is 0 Å². The molecular weight excluding hydrogens is 256 g/mol. The Morgan fingerprint density at radius 2 is 1.60 bits per heavy atom. The smallest absolute Gasteiger partial charge is 0.306 e. The van der Waals surface area contributed by atoms with E-state index >= 15 is 0 Å². The Morgan fingerprint density at radius 3 is 2.00 bits per heavy atom. The fourth-order valence-electron chi connectivity index (χ4n) is 2.81. The standard InChI is InChI=1S/C16H30O4/c1-6-7-13(15(19)20)12(3)10-16(4,5)9-8-11(2)14(17)18/h11-13H,6-10H2,1-5H3,(H,17,18)(H,19,20). The molecule has 2 N–H and O–H groups in total. The fraction of sp³-hybridized carbons (Fsp3) is 0.875. The summed E-state index contributed by atoms with van der Waals surface area (Å²) < 4.78 is 0. The molecule has 0 rings (SSSR count). The van der Waals surface area contributed by atoms with E-state index in [1.807, 2.05) is 13.8 Å². The zero-order valence-electron chi connectivity index (χ0n) is 13.5. The summed E-state index contributed by atoms with van der Waals surface area (Å²) in [4.78, 5) is 22.1. The predicted molar refractivity (Wildman–Crippen MR) is 79.6 cm³/mol. The van der Waals surface area contributed by atoms with Crippen LogP contribution in [0.15, 0.2) is 0 Å². The van der Waals surface area contributed by atoms with Gasteiger partial charge < -0.3 is 10.2 Å². The van der Waals surface area contributed by atoms with Gasteiger partial charge in [-0.3, -0.25) is 9.59 Å². The van der Waals surface area contributed by atoms with Gasteiger partial charge in [-0.15, -0.1) is 0 Å². The molecule has 3 unspecified atom stereocenters. The third-order valence-electron chi connectivity index (χ3n) is 4.15. The lowest BCUT2D eigenvalue weighted by Gasteiger charge is -2.31. The highest BCUT2D eigenvalue weighted by Crippen LogP contribution is 2.35. The van der Waals surface area contributed by atoms with E-state index in [1.54, 1.807) is 6.92 Å². The van der Waals surface area contributed by atoms with Gasteiger partial charge in [-0.05, 0) is 37.0 Å². The molecule has 0 aromatic rings. The number of aliphatic carboxylic acids is 2. The highest BCUT2D eigenvalue weighted by molar-refractivity contribution is 5.70. The molecule has 20 heavy (non-hydrogen) atoms. The third kappa shape index (κ3) is 6.92. The minimum atomic E-state index is -0.761. The molecule has 0 saturated carbocycles. The Kier molecular flexibility index (Phi) is 7.84. The molecule has 3 atom stereocenters. The quantitative estimate of drug-likeness (QED) is 0.635. The van der Waals surface area contributed by atoms with Crippen LogP contribution in [-0.4, -0.2) is 22.2 Å². The van der Waals surface area contributed by atoms with Crippen molar-refractivity contribution in [3.05, 3.63) is 0 Å². The molecule has 4 heteroatoms. The molecular formula is C16H30O4. The highest BCUT2D eigenvalue weighted by Gasteiger charge is 2.30. The van der Waals surface area contributed by atoms with Crippen LogP contribution in [0.1, 0.15) is 66.7 Å². The molecule has 118 valence electrons. The van der Waals surface area contributed by atoms with Crippen molar-refractivity contribution in [2.75, 3.05) is 0 Å². The maximum atomic E-state index is 11.3. The van der Waals surface area contributed by atoms with Crippen molar-refractivity contribution >= 4 is 11.9 Å². The first-order valence-electron chi connectivity index (χ1n) is 7.56. The first kappa shape index (κ1) is 18.9. The highest BCUT2D eigenvalue weighted by atomic mass is 16.4. The summed E-state index contributed by atoms with van der Waals surface area (Å²) in [6, 6.07) is 0. The summed E-state index contributed by atoms with van der Waals surface area (Å²) in [7, 11) is 0. The Balaban J connectivity index is 4.49. The molecule has 0 spiro atoms. The number of hydrogen-bond acceptors (Lipinski definition) is 2. The van der Waals surface area contributed by atoms with E-state index in [9.17, 15) is 14.7 Å². The van der Waals surface area contributed by atoms with Crippen LogP contribution < -0.4 is 0 Å². The van der Waals surface area contributed by atoms with Crippen molar-refractivity contribution in [2.45, 2.75) is 66.7 Å². The number of hydrogen-bond donors (Lipinski definition) is 2. The summed E-state index contributed by atoms with van der Waals surface area (Å²) in [5, 5.41) is 18.2. The van der Waals surface area contributed by atoms with Gasteiger partial charge in [0, 0.05) is 0 Å². The van der Waals surface area contributed by atoms with Crippen LogP contribution in [0, 0.1) is 23.2 Å². The number of carboxylic acid groups (broad SMARTS) is 2. The Morgan fingerprint density at radius 1 is 1.05 bits per heavy atom. The lowest BCUT2D eigenvalue weighted by Crippen LogP contribution is -2.27. The number of rotatable bonds is 10. The number of carboxylic acids is 2. The molecule has 0 heterocycles. The van der Waals surface area contributed by atoms with E-state index in [0.717, 1.165) is 19.3 Å². The monoisotopic (exact) mass is 286 g/mol. The van der Waals surface area contributed by atoms with Crippen molar-refractivity contribution in [3.8, 4) is 0 Å². The van der Waals surface area contributed by atoms with Crippen molar-refractivity contribution < 1.29 is 19.8 Å². The zero-order chi connectivity index (χ0) is 15.9. The summed E-state index contributed by atoms with van der Waals surface area (Å²) in [6.07, 6.45) is 3.84. The molecule has 0 amide bonds. The third-order valence-corrected chi connectivity index (χ3v) is 4.15. The second kappa shape index (κ2) is 8.28. The van der Waals surface area contributed by atoms with Crippen LogP contribution in [0.25, 0.3) is 0 Å². The predicted octanol–water partition coefficient (Wildman–Crippen LogP) is 4.04. The van der Waals surface area contributed by atoms with Crippen molar-refractivity contribution in [2.24, 2.45) is 23.2 Å². The lowest BCUT2D eigenvalue weighted by molar-refractivity contribution is -0.144. The van der Waals surface area contributed by atoms with Gasteiger partial charge in [0.25, 0.3) is 0 Å². The summed E-state index contributed by atoms with van der Waals surface area (Å²) in [5.41, 5.74) is -0.0232. The SMILES string of the molecule is CCCC(C(=O)O)C(C)CC(C)(C)CCC(C)C(=O)O. The molecule has 0 radical (unpaired) electrons. The number of carbonyl (C=O) groups is 2. The van der Waals surface area contributed by atoms with Crippen molar-refractivity contribution in [1.29, 1.82) is 0 Å². The Hall–Kier alpha value is -1.06. The Labute approximate surface area is 122 Å². The summed E-state index contributed by atoms with van der Waals surface area (Å²) in [5.74, 6) is -1.99. The van der Waals surface area contributed by atoms with E-state index < -0.39 is 11.9 Å². The normalized spacial score (nSPS) is 16.4. The van der Waals surface area contributed by atoms with Crippen LogP contribution in [0.3, 0.4) is 0 Å². The average Bonchev–Trinajstić information content (AvgIpc) is 2.31. The van der Waals surface area contributed by atoms with Crippen LogP contribution in [0.2, 0.25) is 0 Å². The zero-order valence-corrected chi connectivity index (χ0v) is 13.5. The van der Waals surface area contributed by atoms with E-state index in [0.29, 0.717) is 12.8 Å². The van der Waals surface area contributed by atoms with Crippen LogP contribution in [-0.2, 0) is 9.59 Å². The van der Waals surface area contributed by atoms with Crippen molar-refractivity contribution in [1.82, 2.24) is 0 Å². The maximum Gasteiger partial charge on any atom is 0.306 e. The molecule has 0 aromatic carbocycles. The molecule has 0 bridgehead atoms. The molecule has 0 aromatic heterocycles. The van der Waals surface area contributed by atoms with Gasteiger partial charge in [-0.25, -0.2) is 0 Å². The van der Waals surface area contributed by atoms with Gasteiger partial charge >= 0.3 is 11.9 Å². The van der Waals surface area contributed by atoms with E-state index in [2.05, 4.69) is 13.8 Å². The van der Waals surface area contributed by atoms with Gasteiger partial charge in [0.1, 0.15) is 0 Å². The van der Waals surface area contributed by atoms with Crippen LogP contribution in [0.5, 0.6) is 0 Å². The minimum absolute atomic E-state index is 0.0232. The van der Waals surface area contributed by atoms with E-state index in [1.165, 1.54) is 0 Å². The second-order valence-electron chi connectivity index (χ2n) is 6.86. The fourth-order valence-corrected chi connectivity index (χ4v) is 2.81. The first-order chi connectivity index (χ1) is 9.10. The summed E-state index contributed by atoms with van der Waals surface area (Å²) >= 11 is 0. The second-order valence-corrected chi connectivity index (χ2v) is 6.86. The minimum Gasteiger partial charge on any atom is -0.481 e. The molecule has 0 aliphatic carbocycles. The summed E-state index contributed by atoms with van der Waals surface area (Å²) in [6.45, 7) is 9.92. The van der Waals surface area contributed by atoms with Gasteiger partial charge in [-0.2, -0.15) is 0 Å². The maximum absolute atomic E-state index is 11.3. The van der Waals surface area contributed by atoms with Gasteiger partial charge in [0.15, 0.2) is 0 Å². The molecule has 4 nitrogen and oxygen atoms in total. The van der Waals surface area contributed by atoms with Crippen molar-refractivity contribution in [3.63, 3.8) is 0 Å². The lowest BCUT2D eigenvalue weighted by atomic mass is 9.74. The average molecular weight is 286 g/mol. The largest absolute Gasteiger partial charge is 0.481 e.